The second-order valence-electron chi connectivity index (χ2n) is 6.80. The van der Waals surface area contributed by atoms with E-state index in [1.807, 2.05) is 19.1 Å². The van der Waals surface area contributed by atoms with E-state index in [0.717, 1.165) is 23.0 Å². The maximum Gasteiger partial charge on any atom is 0.257 e. The maximum absolute atomic E-state index is 12.5. The van der Waals surface area contributed by atoms with Gasteiger partial charge in [-0.2, -0.15) is 0 Å². The fraction of sp³-hybridized carbons (Fsp3) is 0.450. The number of nitrogens with zero attached hydrogens (tertiary/aromatic N) is 2. The first-order chi connectivity index (χ1) is 12.5. The van der Waals surface area contributed by atoms with Gasteiger partial charge >= 0.3 is 0 Å². The van der Waals surface area contributed by atoms with Crippen molar-refractivity contribution in [1.82, 2.24) is 9.55 Å². The largest absolute Gasteiger partial charge is 0.326 e. The molecule has 1 aromatic heterocycles. The molecule has 2 heterocycles. The van der Waals surface area contributed by atoms with Gasteiger partial charge in [-0.1, -0.05) is 37.2 Å². The lowest BCUT2D eigenvalue weighted by molar-refractivity contribution is -0.116. The third kappa shape index (κ3) is 4.01. The third-order valence-electron chi connectivity index (χ3n) is 4.80. The molecular formula is C20H25N3O2S. The number of fused-ring (bicyclic) bond motifs is 1. The van der Waals surface area contributed by atoms with E-state index in [2.05, 4.69) is 29.4 Å². The predicted octanol–water partition coefficient (Wildman–Crippen LogP) is 3.88. The van der Waals surface area contributed by atoms with E-state index in [0.29, 0.717) is 11.3 Å². The molecule has 6 heteroatoms. The van der Waals surface area contributed by atoms with Crippen molar-refractivity contribution < 1.29 is 4.79 Å². The van der Waals surface area contributed by atoms with Crippen LogP contribution in [0, 0.1) is 13.8 Å². The Bertz CT molecular complexity index is 859. The highest BCUT2D eigenvalue weighted by Crippen LogP contribution is 2.32. The molecule has 2 aromatic rings. The molecule has 5 nitrogen and oxygen atoms in total. The first kappa shape index (κ1) is 18.7. The maximum atomic E-state index is 12.5. The van der Waals surface area contributed by atoms with Crippen LogP contribution in [0.5, 0.6) is 0 Å². The van der Waals surface area contributed by atoms with Gasteiger partial charge < -0.3 is 5.32 Å². The van der Waals surface area contributed by atoms with Gasteiger partial charge in [0, 0.05) is 29.1 Å². The zero-order valence-corrected chi connectivity index (χ0v) is 16.4. The number of rotatable bonds is 6. The predicted molar refractivity (Wildman–Crippen MR) is 106 cm³/mol. The lowest BCUT2D eigenvalue weighted by Crippen LogP contribution is -2.29. The summed E-state index contributed by atoms with van der Waals surface area (Å²) in [7, 11) is 0. The van der Waals surface area contributed by atoms with Crippen molar-refractivity contribution in [3.8, 4) is 0 Å². The number of anilines is 1. The van der Waals surface area contributed by atoms with E-state index < -0.39 is 0 Å². The average molecular weight is 372 g/mol. The average Bonchev–Trinajstić information content (AvgIpc) is 3.01. The summed E-state index contributed by atoms with van der Waals surface area (Å²) in [5.74, 6) is 0.629. The number of unbranched alkanes of at least 4 members (excludes halogenated alkanes) is 1. The molecule has 1 aliphatic rings. The number of amides is 1. The Kier molecular flexibility index (Phi) is 5.81. The van der Waals surface area contributed by atoms with Gasteiger partial charge in [-0.3, -0.25) is 14.2 Å². The summed E-state index contributed by atoms with van der Waals surface area (Å²) in [4.78, 5) is 29.5. The van der Waals surface area contributed by atoms with Crippen LogP contribution in [0.2, 0.25) is 0 Å². The minimum Gasteiger partial charge on any atom is -0.326 e. The van der Waals surface area contributed by atoms with Crippen LogP contribution in [0.4, 0.5) is 5.69 Å². The summed E-state index contributed by atoms with van der Waals surface area (Å²) in [5, 5.41) is 3.66. The number of carbonyl (C=O) groups is 1. The summed E-state index contributed by atoms with van der Waals surface area (Å²) >= 11 is 1.54. The fourth-order valence-corrected chi connectivity index (χ4v) is 4.27. The molecule has 1 atom stereocenters. The van der Waals surface area contributed by atoms with Crippen LogP contribution >= 0.6 is 11.8 Å². The van der Waals surface area contributed by atoms with Crippen LogP contribution in [0.1, 0.15) is 49.0 Å². The molecule has 0 bridgehead atoms. The highest BCUT2D eigenvalue weighted by Gasteiger charge is 2.28. The minimum absolute atomic E-state index is 0.0319. The fourth-order valence-electron chi connectivity index (χ4n) is 3.08. The first-order valence-electron chi connectivity index (χ1n) is 9.11. The van der Waals surface area contributed by atoms with Crippen molar-refractivity contribution >= 4 is 23.4 Å². The minimum atomic E-state index is -0.141. The molecule has 26 heavy (non-hydrogen) atoms. The molecule has 0 radical (unpaired) electrons. The molecule has 0 spiro atoms. The zero-order valence-electron chi connectivity index (χ0n) is 15.5. The topological polar surface area (TPSA) is 64.0 Å². The molecular weight excluding hydrogens is 346 g/mol. The normalized spacial score (nSPS) is 15.7. The van der Waals surface area contributed by atoms with Crippen molar-refractivity contribution in [3.05, 3.63) is 51.4 Å². The number of benzene rings is 1. The number of aromatic nitrogens is 2. The van der Waals surface area contributed by atoms with Gasteiger partial charge in [0.05, 0.1) is 6.04 Å². The van der Waals surface area contributed by atoms with Crippen LogP contribution in [0.15, 0.2) is 34.2 Å². The summed E-state index contributed by atoms with van der Waals surface area (Å²) in [6.07, 6.45) is 3.69. The highest BCUT2D eigenvalue weighted by atomic mass is 32.2. The highest BCUT2D eigenvalue weighted by molar-refractivity contribution is 7.99. The molecule has 1 amide bonds. The molecule has 3 rings (SSSR count). The van der Waals surface area contributed by atoms with E-state index >= 15 is 0 Å². The molecule has 1 N–H and O–H groups in total. The first-order valence-corrected chi connectivity index (χ1v) is 10.1. The standard InChI is InChI=1S/C20H25N3O2S/c1-4-5-6-15-7-9-16(10-8-15)22-18(24)11-17-12-26-20-21-14(3)13(2)19(25)23(17)20/h7-10,17H,4-6,11-12H2,1-3H3,(H,22,24). The summed E-state index contributed by atoms with van der Waals surface area (Å²) in [6.45, 7) is 5.82. The van der Waals surface area contributed by atoms with Crippen molar-refractivity contribution in [2.24, 2.45) is 0 Å². The van der Waals surface area contributed by atoms with E-state index in [9.17, 15) is 9.59 Å². The molecule has 1 unspecified atom stereocenters. The monoisotopic (exact) mass is 371 g/mol. The van der Waals surface area contributed by atoms with Crippen LogP contribution in [0.3, 0.4) is 0 Å². The molecule has 1 aliphatic heterocycles. The molecule has 1 aromatic carbocycles. The van der Waals surface area contributed by atoms with Crippen LogP contribution in [0.25, 0.3) is 0 Å². The number of thioether (sulfide) groups is 1. The number of carbonyl (C=O) groups excluding carboxylic acids is 1. The van der Waals surface area contributed by atoms with Gasteiger partial charge in [-0.25, -0.2) is 4.98 Å². The van der Waals surface area contributed by atoms with Crippen molar-refractivity contribution in [1.29, 1.82) is 0 Å². The Morgan fingerprint density at radius 3 is 2.73 bits per heavy atom. The Morgan fingerprint density at radius 2 is 2.04 bits per heavy atom. The van der Waals surface area contributed by atoms with Gasteiger partial charge in [0.25, 0.3) is 5.56 Å². The van der Waals surface area contributed by atoms with E-state index in [-0.39, 0.29) is 23.9 Å². The SMILES string of the molecule is CCCCc1ccc(NC(=O)CC2CSc3nc(C)c(C)c(=O)n32)cc1. The summed E-state index contributed by atoms with van der Waals surface area (Å²) in [6, 6.07) is 7.88. The quantitative estimate of drug-likeness (QED) is 0.783. The Balaban J connectivity index is 1.65. The van der Waals surface area contributed by atoms with Crippen LogP contribution in [-0.2, 0) is 11.2 Å². The molecule has 0 saturated carbocycles. The van der Waals surface area contributed by atoms with Crippen molar-refractivity contribution in [2.45, 2.75) is 57.7 Å². The number of hydrogen-bond donors (Lipinski definition) is 1. The van der Waals surface area contributed by atoms with E-state index in [1.54, 1.807) is 23.3 Å². The van der Waals surface area contributed by atoms with E-state index in [4.69, 9.17) is 0 Å². The van der Waals surface area contributed by atoms with Gasteiger partial charge in [0.1, 0.15) is 0 Å². The number of hydrogen-bond acceptors (Lipinski definition) is 4. The van der Waals surface area contributed by atoms with Crippen LogP contribution in [-0.4, -0.2) is 21.2 Å². The van der Waals surface area contributed by atoms with Gasteiger partial charge in [0.15, 0.2) is 5.16 Å². The second kappa shape index (κ2) is 8.08. The zero-order chi connectivity index (χ0) is 18.7. The Labute approximate surface area is 158 Å². The third-order valence-corrected chi connectivity index (χ3v) is 5.90. The van der Waals surface area contributed by atoms with Crippen molar-refractivity contribution in [2.75, 3.05) is 11.1 Å². The molecule has 0 aliphatic carbocycles. The Morgan fingerprint density at radius 1 is 1.31 bits per heavy atom. The lowest BCUT2D eigenvalue weighted by Gasteiger charge is -2.14. The van der Waals surface area contributed by atoms with Gasteiger partial charge in [0.2, 0.25) is 5.91 Å². The second-order valence-corrected chi connectivity index (χ2v) is 7.78. The van der Waals surface area contributed by atoms with Gasteiger partial charge in [-0.05, 0) is 44.4 Å². The molecule has 138 valence electrons. The van der Waals surface area contributed by atoms with Crippen LogP contribution < -0.4 is 10.9 Å². The molecule has 0 saturated heterocycles. The number of nitrogens with one attached hydrogen (secondary N) is 1. The molecule has 0 fully saturated rings. The summed E-state index contributed by atoms with van der Waals surface area (Å²) in [5.41, 5.74) is 3.48. The number of aryl methyl sites for hydroxylation is 2. The van der Waals surface area contributed by atoms with E-state index in [1.165, 1.54) is 18.4 Å². The van der Waals surface area contributed by atoms with Crippen molar-refractivity contribution in [3.63, 3.8) is 0 Å². The Hall–Kier alpha value is -2.08. The smallest absolute Gasteiger partial charge is 0.257 e. The summed E-state index contributed by atoms with van der Waals surface area (Å²) < 4.78 is 1.68. The van der Waals surface area contributed by atoms with Gasteiger partial charge in [-0.15, -0.1) is 0 Å². The lowest BCUT2D eigenvalue weighted by atomic mass is 10.1.